The van der Waals surface area contributed by atoms with Crippen LogP contribution in [0.5, 0.6) is 0 Å². The van der Waals surface area contributed by atoms with Gasteiger partial charge in [0.1, 0.15) is 5.69 Å². The Morgan fingerprint density at radius 2 is 2.00 bits per heavy atom. The summed E-state index contributed by atoms with van der Waals surface area (Å²) in [5, 5.41) is 11.2. The zero-order valence-corrected chi connectivity index (χ0v) is 9.91. The van der Waals surface area contributed by atoms with Crippen LogP contribution in [-0.4, -0.2) is 25.0 Å². The molecule has 0 aliphatic heterocycles. The van der Waals surface area contributed by atoms with Crippen molar-refractivity contribution in [1.29, 1.82) is 0 Å². The van der Waals surface area contributed by atoms with Crippen molar-refractivity contribution >= 4 is 16.7 Å². The van der Waals surface area contributed by atoms with Crippen LogP contribution >= 0.6 is 0 Å². The average molecular weight is 240 g/mol. The van der Waals surface area contributed by atoms with Crippen LogP contribution in [-0.2, 0) is 13.6 Å². The van der Waals surface area contributed by atoms with Gasteiger partial charge in [-0.05, 0) is 18.2 Å². The van der Waals surface area contributed by atoms with Crippen LogP contribution in [0.4, 0.5) is 5.69 Å². The zero-order chi connectivity index (χ0) is 12.4. The molecule has 3 aromatic rings. The van der Waals surface area contributed by atoms with E-state index in [-0.39, 0.29) is 0 Å². The Morgan fingerprint density at radius 3 is 2.78 bits per heavy atom. The maximum absolute atomic E-state index is 4.27. The van der Waals surface area contributed by atoms with Crippen molar-refractivity contribution < 1.29 is 0 Å². The molecule has 0 radical (unpaired) electrons. The molecule has 0 bridgehead atoms. The van der Waals surface area contributed by atoms with Crippen molar-refractivity contribution in [3.05, 3.63) is 42.5 Å². The summed E-state index contributed by atoms with van der Waals surface area (Å²) >= 11 is 0. The van der Waals surface area contributed by atoms with Crippen molar-refractivity contribution in [2.75, 3.05) is 5.32 Å². The first-order valence-electron chi connectivity index (χ1n) is 5.61. The molecule has 0 unspecified atom stereocenters. The molecule has 18 heavy (non-hydrogen) atoms. The SMILES string of the molecule is Cn1cc(CNc2ccc3nccnc3c2)nn1. The normalized spacial score (nSPS) is 10.7. The van der Waals surface area contributed by atoms with Crippen molar-refractivity contribution in [2.24, 2.45) is 7.05 Å². The quantitative estimate of drug-likeness (QED) is 0.748. The van der Waals surface area contributed by atoms with Crippen LogP contribution in [0.1, 0.15) is 5.69 Å². The first-order valence-corrected chi connectivity index (χ1v) is 5.61. The van der Waals surface area contributed by atoms with Gasteiger partial charge in [0.2, 0.25) is 0 Å². The average Bonchev–Trinajstić information content (AvgIpc) is 2.82. The molecule has 2 heterocycles. The van der Waals surface area contributed by atoms with E-state index in [2.05, 4.69) is 25.6 Å². The number of benzene rings is 1. The number of hydrogen-bond acceptors (Lipinski definition) is 5. The molecule has 0 atom stereocenters. The van der Waals surface area contributed by atoms with Gasteiger partial charge in [-0.25, -0.2) is 0 Å². The van der Waals surface area contributed by atoms with Gasteiger partial charge in [0, 0.05) is 31.3 Å². The maximum Gasteiger partial charge on any atom is 0.102 e. The van der Waals surface area contributed by atoms with Crippen LogP contribution in [0.3, 0.4) is 0 Å². The van der Waals surface area contributed by atoms with E-state index in [0.29, 0.717) is 6.54 Å². The predicted molar refractivity (Wildman–Crippen MR) is 67.9 cm³/mol. The largest absolute Gasteiger partial charge is 0.379 e. The smallest absolute Gasteiger partial charge is 0.102 e. The Morgan fingerprint density at radius 1 is 1.17 bits per heavy atom. The van der Waals surface area contributed by atoms with E-state index in [1.54, 1.807) is 17.1 Å². The number of nitrogens with one attached hydrogen (secondary N) is 1. The Labute approximate surface area is 104 Å². The highest BCUT2D eigenvalue weighted by Crippen LogP contribution is 2.15. The molecule has 1 N–H and O–H groups in total. The second-order valence-electron chi connectivity index (χ2n) is 4.00. The van der Waals surface area contributed by atoms with E-state index >= 15 is 0 Å². The van der Waals surface area contributed by atoms with E-state index in [9.17, 15) is 0 Å². The molecule has 1 aromatic carbocycles. The topological polar surface area (TPSA) is 68.5 Å². The molecule has 0 fully saturated rings. The third kappa shape index (κ3) is 2.13. The van der Waals surface area contributed by atoms with Gasteiger partial charge in [0.15, 0.2) is 0 Å². The summed E-state index contributed by atoms with van der Waals surface area (Å²) in [4.78, 5) is 8.49. The molecular weight excluding hydrogens is 228 g/mol. The predicted octanol–water partition coefficient (Wildman–Crippen LogP) is 1.37. The minimum absolute atomic E-state index is 0.639. The molecule has 0 spiro atoms. The fraction of sp³-hybridized carbons (Fsp3) is 0.167. The Bertz CT molecular complexity index is 675. The fourth-order valence-corrected chi connectivity index (χ4v) is 1.74. The highest BCUT2D eigenvalue weighted by atomic mass is 15.4. The first kappa shape index (κ1) is 10.6. The molecular formula is C12H12N6. The number of aryl methyl sites for hydroxylation is 1. The van der Waals surface area contributed by atoms with Crippen molar-refractivity contribution in [2.45, 2.75) is 6.54 Å². The molecule has 0 amide bonds. The van der Waals surface area contributed by atoms with E-state index in [1.807, 2.05) is 31.4 Å². The van der Waals surface area contributed by atoms with Gasteiger partial charge in [0.05, 0.1) is 17.6 Å². The lowest BCUT2D eigenvalue weighted by molar-refractivity contribution is 0.713. The van der Waals surface area contributed by atoms with Crippen LogP contribution < -0.4 is 5.32 Å². The van der Waals surface area contributed by atoms with Gasteiger partial charge < -0.3 is 5.32 Å². The minimum atomic E-state index is 0.639. The van der Waals surface area contributed by atoms with Gasteiger partial charge in [-0.15, -0.1) is 5.10 Å². The van der Waals surface area contributed by atoms with Crippen molar-refractivity contribution in [3.63, 3.8) is 0 Å². The fourth-order valence-electron chi connectivity index (χ4n) is 1.74. The highest BCUT2D eigenvalue weighted by Gasteiger charge is 2.00. The maximum atomic E-state index is 4.27. The second kappa shape index (κ2) is 4.40. The Hall–Kier alpha value is -2.50. The molecule has 0 aliphatic carbocycles. The lowest BCUT2D eigenvalue weighted by Gasteiger charge is -2.04. The van der Waals surface area contributed by atoms with Crippen molar-refractivity contribution in [1.82, 2.24) is 25.0 Å². The number of fused-ring (bicyclic) bond motifs is 1. The summed E-state index contributed by atoms with van der Waals surface area (Å²) in [7, 11) is 1.85. The van der Waals surface area contributed by atoms with E-state index in [4.69, 9.17) is 0 Å². The number of nitrogens with zero attached hydrogens (tertiary/aromatic N) is 5. The first-order chi connectivity index (χ1) is 8.81. The van der Waals surface area contributed by atoms with Gasteiger partial charge in [-0.2, -0.15) is 0 Å². The number of hydrogen-bond donors (Lipinski definition) is 1. The van der Waals surface area contributed by atoms with Gasteiger partial charge in [-0.3, -0.25) is 14.6 Å². The molecule has 0 saturated heterocycles. The number of anilines is 1. The van der Waals surface area contributed by atoms with Gasteiger partial charge in [0.25, 0.3) is 0 Å². The summed E-state index contributed by atoms with van der Waals surface area (Å²) < 4.78 is 1.68. The summed E-state index contributed by atoms with van der Waals surface area (Å²) in [5.74, 6) is 0. The Balaban J connectivity index is 1.78. The van der Waals surface area contributed by atoms with Crippen molar-refractivity contribution in [3.8, 4) is 0 Å². The Kier molecular flexibility index (Phi) is 2.60. The second-order valence-corrected chi connectivity index (χ2v) is 4.00. The lowest BCUT2D eigenvalue weighted by Crippen LogP contribution is -2.00. The highest BCUT2D eigenvalue weighted by molar-refractivity contribution is 5.78. The summed E-state index contributed by atoms with van der Waals surface area (Å²) in [5.41, 5.74) is 3.66. The summed E-state index contributed by atoms with van der Waals surface area (Å²) in [6.45, 7) is 0.639. The molecule has 6 heteroatoms. The lowest BCUT2D eigenvalue weighted by atomic mass is 10.2. The number of rotatable bonds is 3. The third-order valence-corrected chi connectivity index (χ3v) is 2.59. The van der Waals surface area contributed by atoms with E-state index in [0.717, 1.165) is 22.4 Å². The molecule has 6 nitrogen and oxygen atoms in total. The minimum Gasteiger partial charge on any atom is -0.379 e. The molecule has 0 saturated carbocycles. The van der Waals surface area contributed by atoms with E-state index in [1.165, 1.54) is 0 Å². The molecule has 2 aromatic heterocycles. The van der Waals surface area contributed by atoms with Gasteiger partial charge >= 0.3 is 0 Å². The third-order valence-electron chi connectivity index (χ3n) is 2.59. The zero-order valence-electron chi connectivity index (χ0n) is 9.91. The van der Waals surface area contributed by atoms with Crippen LogP contribution in [0, 0.1) is 0 Å². The van der Waals surface area contributed by atoms with Crippen LogP contribution in [0.15, 0.2) is 36.8 Å². The van der Waals surface area contributed by atoms with Crippen LogP contribution in [0.2, 0.25) is 0 Å². The molecule has 3 rings (SSSR count). The van der Waals surface area contributed by atoms with Crippen LogP contribution in [0.25, 0.3) is 11.0 Å². The number of aromatic nitrogens is 5. The molecule has 0 aliphatic rings. The summed E-state index contributed by atoms with van der Waals surface area (Å²) in [6, 6.07) is 5.90. The standard InChI is InChI=1S/C12H12N6/c1-18-8-10(16-17-18)7-15-9-2-3-11-12(6-9)14-5-4-13-11/h2-6,8,15H,7H2,1H3. The van der Waals surface area contributed by atoms with E-state index < -0.39 is 0 Å². The summed E-state index contributed by atoms with van der Waals surface area (Å²) in [6.07, 6.45) is 5.26. The monoisotopic (exact) mass is 240 g/mol. The van der Waals surface area contributed by atoms with Gasteiger partial charge in [-0.1, -0.05) is 5.21 Å². The molecule has 90 valence electrons.